The van der Waals surface area contributed by atoms with E-state index in [0.29, 0.717) is 10.8 Å². The molecule has 0 saturated carbocycles. The maximum atomic E-state index is 13.6. The first-order valence-electron chi connectivity index (χ1n) is 6.80. The maximum absolute atomic E-state index is 13.6. The summed E-state index contributed by atoms with van der Waals surface area (Å²) in [5.74, 6) is -0.328. The average Bonchev–Trinajstić information content (AvgIpc) is 2.41. The number of hydrogen-bond donors (Lipinski definition) is 2. The van der Waals surface area contributed by atoms with Crippen molar-refractivity contribution < 1.29 is 4.39 Å². The summed E-state index contributed by atoms with van der Waals surface area (Å²) in [5.41, 5.74) is 2.45. The lowest BCUT2D eigenvalue weighted by atomic mass is 9.86. The van der Waals surface area contributed by atoms with E-state index in [1.807, 2.05) is 18.2 Å². The zero-order valence-electron chi connectivity index (χ0n) is 12.4. The van der Waals surface area contributed by atoms with Crippen molar-refractivity contribution in [2.75, 3.05) is 10.6 Å². The molecule has 0 radical (unpaired) electrons. The molecule has 2 aromatic rings. The van der Waals surface area contributed by atoms with Gasteiger partial charge in [-0.3, -0.25) is 0 Å². The normalized spacial score (nSPS) is 11.0. The number of anilines is 2. The van der Waals surface area contributed by atoms with Crippen LogP contribution in [0, 0.1) is 5.82 Å². The number of nitrogens with one attached hydrogen (secondary N) is 2. The number of para-hydroxylation sites is 2. The average molecular weight is 302 g/mol. The first-order valence-corrected chi connectivity index (χ1v) is 7.21. The third-order valence-corrected chi connectivity index (χ3v) is 3.31. The summed E-state index contributed by atoms with van der Waals surface area (Å²) < 4.78 is 13.6. The van der Waals surface area contributed by atoms with Crippen molar-refractivity contribution in [1.29, 1.82) is 0 Å². The minimum Gasteiger partial charge on any atom is -0.332 e. The second-order valence-electron chi connectivity index (χ2n) is 5.85. The van der Waals surface area contributed by atoms with Gasteiger partial charge in [0, 0.05) is 5.69 Å². The first kappa shape index (κ1) is 15.4. The number of hydrogen-bond acceptors (Lipinski definition) is 1. The zero-order valence-corrected chi connectivity index (χ0v) is 13.2. The van der Waals surface area contributed by atoms with Crippen LogP contribution in [0.25, 0.3) is 0 Å². The topological polar surface area (TPSA) is 24.1 Å². The third-order valence-electron chi connectivity index (χ3n) is 3.11. The molecule has 0 aromatic heterocycles. The molecule has 0 spiro atoms. The molecule has 21 heavy (non-hydrogen) atoms. The molecule has 0 saturated heterocycles. The summed E-state index contributed by atoms with van der Waals surface area (Å²) >= 11 is 5.27. The van der Waals surface area contributed by atoms with E-state index >= 15 is 0 Å². The second-order valence-corrected chi connectivity index (χ2v) is 6.26. The van der Waals surface area contributed by atoms with Crippen molar-refractivity contribution in [3.05, 3.63) is 59.9 Å². The molecule has 2 aromatic carbocycles. The predicted octanol–water partition coefficient (Wildman–Crippen LogP) is 4.93. The Morgan fingerprint density at radius 3 is 2.05 bits per heavy atom. The lowest BCUT2D eigenvalue weighted by molar-refractivity contribution is 0.592. The Hall–Kier alpha value is -1.94. The summed E-state index contributed by atoms with van der Waals surface area (Å²) in [6, 6.07) is 14.4. The molecule has 0 aliphatic carbocycles. The lowest BCUT2D eigenvalue weighted by Gasteiger charge is -2.23. The quantitative estimate of drug-likeness (QED) is 0.769. The SMILES string of the molecule is CC(C)(C)c1ccccc1NC(=S)Nc1ccccc1F. The summed E-state index contributed by atoms with van der Waals surface area (Å²) in [4.78, 5) is 0. The van der Waals surface area contributed by atoms with Gasteiger partial charge in [-0.15, -0.1) is 0 Å². The molecule has 0 aliphatic heterocycles. The van der Waals surface area contributed by atoms with Gasteiger partial charge in [0.05, 0.1) is 5.69 Å². The van der Waals surface area contributed by atoms with Crippen LogP contribution in [0.5, 0.6) is 0 Å². The fourth-order valence-corrected chi connectivity index (χ4v) is 2.30. The van der Waals surface area contributed by atoms with Crippen molar-refractivity contribution in [3.8, 4) is 0 Å². The lowest BCUT2D eigenvalue weighted by Crippen LogP contribution is -2.23. The van der Waals surface area contributed by atoms with E-state index < -0.39 is 0 Å². The highest BCUT2D eigenvalue weighted by molar-refractivity contribution is 7.80. The number of rotatable bonds is 2. The number of halogens is 1. The Labute approximate surface area is 130 Å². The molecule has 4 heteroatoms. The Balaban J connectivity index is 2.16. The fraction of sp³-hybridized carbons (Fsp3) is 0.235. The molecule has 2 nitrogen and oxygen atoms in total. The van der Waals surface area contributed by atoms with Crippen LogP contribution in [0.4, 0.5) is 15.8 Å². The highest BCUT2D eigenvalue weighted by atomic mass is 32.1. The van der Waals surface area contributed by atoms with E-state index in [-0.39, 0.29) is 11.2 Å². The van der Waals surface area contributed by atoms with E-state index in [1.54, 1.807) is 18.2 Å². The Bertz CT molecular complexity index is 647. The summed E-state index contributed by atoms with van der Waals surface area (Å²) in [5, 5.41) is 6.40. The molecule has 0 unspecified atom stereocenters. The van der Waals surface area contributed by atoms with Crippen molar-refractivity contribution in [2.45, 2.75) is 26.2 Å². The smallest absolute Gasteiger partial charge is 0.175 e. The van der Waals surface area contributed by atoms with Gasteiger partial charge in [0.2, 0.25) is 0 Å². The van der Waals surface area contributed by atoms with Gasteiger partial charge in [0.15, 0.2) is 5.11 Å². The summed E-state index contributed by atoms with van der Waals surface area (Å²) in [6.07, 6.45) is 0. The minimum atomic E-state index is -0.328. The highest BCUT2D eigenvalue weighted by Gasteiger charge is 2.17. The van der Waals surface area contributed by atoms with Gasteiger partial charge in [-0.2, -0.15) is 0 Å². The van der Waals surface area contributed by atoms with Crippen LogP contribution in [-0.2, 0) is 5.41 Å². The van der Waals surface area contributed by atoms with Gasteiger partial charge in [0.25, 0.3) is 0 Å². The standard InChI is InChI=1S/C17H19FN2S/c1-17(2,3)12-8-4-6-10-14(12)19-16(21)20-15-11-7-5-9-13(15)18/h4-11H,1-3H3,(H2,19,20,21). The van der Waals surface area contributed by atoms with Crippen LogP contribution in [0.15, 0.2) is 48.5 Å². The highest BCUT2D eigenvalue weighted by Crippen LogP contribution is 2.29. The van der Waals surface area contributed by atoms with Crippen molar-refractivity contribution in [3.63, 3.8) is 0 Å². The van der Waals surface area contributed by atoms with E-state index in [0.717, 1.165) is 11.3 Å². The van der Waals surface area contributed by atoms with Gasteiger partial charge in [0.1, 0.15) is 5.82 Å². The predicted molar refractivity (Wildman–Crippen MR) is 91.4 cm³/mol. The molecular formula is C17H19FN2S. The molecule has 0 aliphatic rings. The monoisotopic (exact) mass is 302 g/mol. The van der Waals surface area contributed by atoms with Crippen LogP contribution in [0.2, 0.25) is 0 Å². The van der Waals surface area contributed by atoms with Gasteiger partial charge < -0.3 is 10.6 Å². The van der Waals surface area contributed by atoms with E-state index in [4.69, 9.17) is 12.2 Å². The van der Waals surface area contributed by atoms with Crippen LogP contribution in [0.3, 0.4) is 0 Å². The van der Waals surface area contributed by atoms with Crippen LogP contribution >= 0.6 is 12.2 Å². The molecule has 0 atom stereocenters. The molecule has 2 N–H and O–H groups in total. The summed E-state index contributed by atoms with van der Waals surface area (Å²) in [7, 11) is 0. The Morgan fingerprint density at radius 1 is 0.905 bits per heavy atom. The van der Waals surface area contributed by atoms with Gasteiger partial charge in [-0.25, -0.2) is 4.39 Å². The third kappa shape index (κ3) is 4.02. The van der Waals surface area contributed by atoms with Crippen LogP contribution in [-0.4, -0.2) is 5.11 Å². The van der Waals surface area contributed by atoms with Crippen LogP contribution < -0.4 is 10.6 Å². The number of benzene rings is 2. The summed E-state index contributed by atoms with van der Waals surface area (Å²) in [6.45, 7) is 6.42. The first-order chi connectivity index (χ1) is 9.88. The minimum absolute atomic E-state index is 0.00277. The van der Waals surface area contributed by atoms with E-state index in [2.05, 4.69) is 37.5 Å². The van der Waals surface area contributed by atoms with Crippen molar-refractivity contribution in [1.82, 2.24) is 0 Å². The largest absolute Gasteiger partial charge is 0.332 e. The van der Waals surface area contributed by atoms with Crippen molar-refractivity contribution >= 4 is 28.7 Å². The van der Waals surface area contributed by atoms with Crippen molar-refractivity contribution in [2.24, 2.45) is 0 Å². The molecule has 0 heterocycles. The van der Waals surface area contributed by atoms with E-state index in [9.17, 15) is 4.39 Å². The molecule has 0 bridgehead atoms. The Morgan fingerprint density at radius 2 is 1.43 bits per heavy atom. The fourth-order valence-electron chi connectivity index (χ4n) is 2.08. The number of thiocarbonyl (C=S) groups is 1. The molecular weight excluding hydrogens is 283 g/mol. The Kier molecular flexibility index (Phi) is 4.58. The molecule has 110 valence electrons. The van der Waals surface area contributed by atoms with Gasteiger partial charge in [-0.1, -0.05) is 51.1 Å². The molecule has 2 rings (SSSR count). The van der Waals surface area contributed by atoms with Gasteiger partial charge in [-0.05, 0) is 41.4 Å². The zero-order chi connectivity index (χ0) is 15.5. The van der Waals surface area contributed by atoms with Crippen LogP contribution in [0.1, 0.15) is 26.3 Å². The molecule has 0 amide bonds. The van der Waals surface area contributed by atoms with E-state index in [1.165, 1.54) is 6.07 Å². The van der Waals surface area contributed by atoms with Gasteiger partial charge >= 0.3 is 0 Å². The maximum Gasteiger partial charge on any atom is 0.175 e. The second kappa shape index (κ2) is 6.22. The molecule has 0 fully saturated rings.